The zero-order valence-electron chi connectivity index (χ0n) is 11.7. The Balaban J connectivity index is 2.57. The van der Waals surface area contributed by atoms with Crippen molar-refractivity contribution in [1.82, 2.24) is 10.3 Å². The standard InChI is InChI=1S/C14H22N2O3/c1-4-5-13(14(17)18)19-12-7-6-11(16-9-12)8-15-10(2)3/h6-7,9-10,13,15H,4-5,8H2,1-3H3,(H,17,18). The molecule has 0 radical (unpaired) electrons. The number of carbonyl (C=O) groups is 1. The highest BCUT2D eigenvalue weighted by molar-refractivity contribution is 5.72. The minimum absolute atomic E-state index is 0.402. The maximum atomic E-state index is 11.0. The average molecular weight is 266 g/mol. The van der Waals surface area contributed by atoms with Crippen LogP contribution in [0, 0.1) is 0 Å². The number of carboxylic acid groups (broad SMARTS) is 1. The Labute approximate surface area is 114 Å². The molecule has 19 heavy (non-hydrogen) atoms. The highest BCUT2D eigenvalue weighted by Crippen LogP contribution is 2.14. The van der Waals surface area contributed by atoms with Gasteiger partial charge in [0.1, 0.15) is 5.75 Å². The summed E-state index contributed by atoms with van der Waals surface area (Å²) in [5.74, 6) is -0.443. The van der Waals surface area contributed by atoms with Gasteiger partial charge in [0.2, 0.25) is 0 Å². The van der Waals surface area contributed by atoms with E-state index in [1.54, 1.807) is 12.3 Å². The van der Waals surface area contributed by atoms with Gasteiger partial charge in [0, 0.05) is 12.6 Å². The molecule has 0 aliphatic rings. The fourth-order valence-electron chi connectivity index (χ4n) is 1.55. The molecule has 106 valence electrons. The third-order valence-corrected chi connectivity index (χ3v) is 2.59. The molecular weight excluding hydrogens is 244 g/mol. The van der Waals surface area contributed by atoms with Crippen LogP contribution in [0.2, 0.25) is 0 Å². The molecule has 1 aromatic heterocycles. The molecule has 0 bridgehead atoms. The largest absolute Gasteiger partial charge is 0.479 e. The van der Waals surface area contributed by atoms with E-state index in [-0.39, 0.29) is 0 Å². The Morgan fingerprint density at radius 3 is 2.68 bits per heavy atom. The molecule has 1 aromatic rings. The summed E-state index contributed by atoms with van der Waals surface area (Å²) in [4.78, 5) is 15.2. The number of hydrogen-bond donors (Lipinski definition) is 2. The summed E-state index contributed by atoms with van der Waals surface area (Å²) in [6.07, 6.45) is 2.03. The second-order valence-electron chi connectivity index (χ2n) is 4.75. The summed E-state index contributed by atoms with van der Waals surface area (Å²) >= 11 is 0. The molecule has 0 aliphatic carbocycles. The van der Waals surface area contributed by atoms with Gasteiger partial charge in [0.25, 0.3) is 0 Å². The molecule has 1 rings (SSSR count). The summed E-state index contributed by atoms with van der Waals surface area (Å²) < 4.78 is 5.41. The van der Waals surface area contributed by atoms with Crippen LogP contribution in [0.1, 0.15) is 39.3 Å². The van der Waals surface area contributed by atoms with E-state index in [1.807, 2.05) is 13.0 Å². The third-order valence-electron chi connectivity index (χ3n) is 2.59. The predicted molar refractivity (Wildman–Crippen MR) is 73.2 cm³/mol. The highest BCUT2D eigenvalue weighted by Gasteiger charge is 2.18. The van der Waals surface area contributed by atoms with Gasteiger partial charge in [-0.2, -0.15) is 0 Å². The van der Waals surface area contributed by atoms with Crippen molar-refractivity contribution in [3.8, 4) is 5.75 Å². The molecular formula is C14H22N2O3. The maximum absolute atomic E-state index is 11.0. The van der Waals surface area contributed by atoms with Crippen molar-refractivity contribution in [2.45, 2.75) is 52.3 Å². The molecule has 0 aromatic carbocycles. The van der Waals surface area contributed by atoms with Gasteiger partial charge in [-0.05, 0) is 18.6 Å². The lowest BCUT2D eigenvalue weighted by Crippen LogP contribution is -2.26. The van der Waals surface area contributed by atoms with Crippen LogP contribution < -0.4 is 10.1 Å². The van der Waals surface area contributed by atoms with Crippen LogP contribution in [0.4, 0.5) is 0 Å². The average Bonchev–Trinajstić information content (AvgIpc) is 2.37. The van der Waals surface area contributed by atoms with Crippen molar-refractivity contribution < 1.29 is 14.6 Å². The van der Waals surface area contributed by atoms with Crippen molar-refractivity contribution in [2.24, 2.45) is 0 Å². The quantitative estimate of drug-likeness (QED) is 0.755. The lowest BCUT2D eigenvalue weighted by Gasteiger charge is -2.14. The summed E-state index contributed by atoms with van der Waals surface area (Å²) in [7, 11) is 0. The SMILES string of the molecule is CCCC(Oc1ccc(CNC(C)C)nc1)C(=O)O. The second-order valence-corrected chi connectivity index (χ2v) is 4.75. The minimum Gasteiger partial charge on any atom is -0.479 e. The molecule has 0 amide bonds. The number of aliphatic carboxylic acids is 1. The van der Waals surface area contributed by atoms with Gasteiger partial charge >= 0.3 is 5.97 Å². The Bertz CT molecular complexity index is 390. The number of nitrogens with one attached hydrogen (secondary N) is 1. The first-order valence-electron chi connectivity index (χ1n) is 6.60. The van der Waals surface area contributed by atoms with Crippen molar-refractivity contribution >= 4 is 5.97 Å². The van der Waals surface area contributed by atoms with Gasteiger partial charge in [-0.15, -0.1) is 0 Å². The second kappa shape index (κ2) is 7.74. The van der Waals surface area contributed by atoms with Crippen LogP contribution in [0.5, 0.6) is 5.75 Å². The normalized spacial score (nSPS) is 12.4. The number of rotatable bonds is 8. The number of nitrogens with zero attached hydrogens (tertiary/aromatic N) is 1. The van der Waals surface area contributed by atoms with Crippen LogP contribution in [0.25, 0.3) is 0 Å². The smallest absolute Gasteiger partial charge is 0.344 e. The van der Waals surface area contributed by atoms with Gasteiger partial charge in [0.15, 0.2) is 6.10 Å². The molecule has 1 unspecified atom stereocenters. The van der Waals surface area contributed by atoms with E-state index in [4.69, 9.17) is 9.84 Å². The third kappa shape index (κ3) is 5.70. The number of hydrogen-bond acceptors (Lipinski definition) is 4. The molecule has 0 saturated heterocycles. The number of pyridine rings is 1. The first kappa shape index (κ1) is 15.4. The fourth-order valence-corrected chi connectivity index (χ4v) is 1.55. The van der Waals surface area contributed by atoms with Gasteiger partial charge in [0.05, 0.1) is 11.9 Å². The zero-order valence-corrected chi connectivity index (χ0v) is 11.7. The monoisotopic (exact) mass is 266 g/mol. The first-order chi connectivity index (χ1) is 9.02. The molecule has 5 nitrogen and oxygen atoms in total. The van der Waals surface area contributed by atoms with Crippen LogP contribution in [-0.2, 0) is 11.3 Å². The van der Waals surface area contributed by atoms with Crippen molar-refractivity contribution in [2.75, 3.05) is 0 Å². The van der Waals surface area contributed by atoms with Gasteiger partial charge in [-0.25, -0.2) is 4.79 Å². The molecule has 0 spiro atoms. The van der Waals surface area contributed by atoms with E-state index in [2.05, 4.69) is 24.1 Å². The summed E-state index contributed by atoms with van der Waals surface area (Å²) in [5, 5.41) is 12.3. The maximum Gasteiger partial charge on any atom is 0.344 e. The first-order valence-corrected chi connectivity index (χ1v) is 6.60. The lowest BCUT2D eigenvalue weighted by atomic mass is 10.2. The Kier molecular flexibility index (Phi) is 6.29. The van der Waals surface area contributed by atoms with Gasteiger partial charge < -0.3 is 15.2 Å². The molecule has 2 N–H and O–H groups in total. The van der Waals surface area contributed by atoms with E-state index in [1.165, 1.54) is 0 Å². The molecule has 5 heteroatoms. The lowest BCUT2D eigenvalue weighted by molar-refractivity contribution is -0.145. The Morgan fingerprint density at radius 1 is 1.47 bits per heavy atom. The van der Waals surface area contributed by atoms with E-state index >= 15 is 0 Å². The summed E-state index contributed by atoms with van der Waals surface area (Å²) in [5.41, 5.74) is 0.906. The molecule has 0 saturated carbocycles. The Morgan fingerprint density at radius 2 is 2.21 bits per heavy atom. The van der Waals surface area contributed by atoms with E-state index in [9.17, 15) is 4.79 Å². The van der Waals surface area contributed by atoms with Crippen LogP contribution in [0.15, 0.2) is 18.3 Å². The molecule has 0 aliphatic heterocycles. The van der Waals surface area contributed by atoms with Crippen LogP contribution in [-0.4, -0.2) is 28.2 Å². The summed E-state index contributed by atoms with van der Waals surface area (Å²) in [6.45, 7) is 6.76. The fraction of sp³-hybridized carbons (Fsp3) is 0.571. The van der Waals surface area contributed by atoms with Crippen LogP contribution in [0.3, 0.4) is 0 Å². The van der Waals surface area contributed by atoms with Crippen molar-refractivity contribution in [3.63, 3.8) is 0 Å². The topological polar surface area (TPSA) is 71.5 Å². The van der Waals surface area contributed by atoms with Gasteiger partial charge in [-0.1, -0.05) is 27.2 Å². The Hall–Kier alpha value is -1.62. The van der Waals surface area contributed by atoms with Gasteiger partial charge in [-0.3, -0.25) is 4.98 Å². The molecule has 1 heterocycles. The number of carboxylic acids is 1. The molecule has 0 fully saturated rings. The minimum atomic E-state index is -0.938. The van der Waals surface area contributed by atoms with E-state index < -0.39 is 12.1 Å². The zero-order chi connectivity index (χ0) is 14.3. The van der Waals surface area contributed by atoms with E-state index in [0.717, 1.165) is 12.1 Å². The van der Waals surface area contributed by atoms with Crippen molar-refractivity contribution in [1.29, 1.82) is 0 Å². The number of ether oxygens (including phenoxy) is 1. The summed E-state index contributed by atoms with van der Waals surface area (Å²) in [6, 6.07) is 4.00. The predicted octanol–water partition coefficient (Wildman–Crippen LogP) is 2.21. The molecule has 1 atom stereocenters. The van der Waals surface area contributed by atoms with Crippen molar-refractivity contribution in [3.05, 3.63) is 24.0 Å². The highest BCUT2D eigenvalue weighted by atomic mass is 16.5. The number of aromatic nitrogens is 1. The van der Waals surface area contributed by atoms with Crippen LogP contribution >= 0.6 is 0 Å². The van der Waals surface area contributed by atoms with E-state index in [0.29, 0.717) is 24.8 Å².